The van der Waals surface area contributed by atoms with Gasteiger partial charge in [0.25, 0.3) is 0 Å². The summed E-state index contributed by atoms with van der Waals surface area (Å²) in [5.74, 6) is 0.760. The largest absolute Gasteiger partial charge is 0.365 e. The Bertz CT molecular complexity index is 385. The Kier molecular flexibility index (Phi) is 2.23. The van der Waals surface area contributed by atoms with Crippen LogP contribution >= 0.6 is 15.9 Å². The number of rotatable bonds is 2. The Balaban J connectivity index is 1.99. The van der Waals surface area contributed by atoms with Gasteiger partial charge in [-0.2, -0.15) is 4.31 Å². The molecule has 3 aliphatic rings. The molecule has 6 heteroatoms. The van der Waals surface area contributed by atoms with Crippen molar-refractivity contribution in [1.29, 1.82) is 0 Å². The average molecular weight is 296 g/mol. The van der Waals surface area contributed by atoms with Crippen molar-refractivity contribution in [3.05, 3.63) is 0 Å². The molecule has 0 N–H and O–H groups in total. The van der Waals surface area contributed by atoms with Gasteiger partial charge in [0.15, 0.2) is 0 Å². The van der Waals surface area contributed by atoms with E-state index in [1.807, 2.05) is 0 Å². The third kappa shape index (κ3) is 1.16. The Morgan fingerprint density at radius 1 is 1.47 bits per heavy atom. The highest BCUT2D eigenvalue weighted by Gasteiger charge is 2.65. The first kappa shape index (κ1) is 10.5. The lowest BCUT2D eigenvalue weighted by Gasteiger charge is -2.27. The molecule has 3 rings (SSSR count). The van der Waals surface area contributed by atoms with Gasteiger partial charge in [-0.25, -0.2) is 8.42 Å². The zero-order valence-electron chi connectivity index (χ0n) is 8.47. The molecule has 4 nitrogen and oxygen atoms in total. The van der Waals surface area contributed by atoms with Gasteiger partial charge in [0, 0.05) is 7.05 Å². The number of hydrogen-bond donors (Lipinski definition) is 0. The molecule has 0 aromatic rings. The molecule has 0 radical (unpaired) electrons. The summed E-state index contributed by atoms with van der Waals surface area (Å²) in [5, 5.41) is -0.118. The van der Waals surface area contributed by atoms with Gasteiger partial charge in [-0.3, -0.25) is 0 Å². The second-order valence-electron chi connectivity index (χ2n) is 4.73. The molecule has 0 aromatic carbocycles. The first-order valence-electron chi connectivity index (χ1n) is 5.21. The van der Waals surface area contributed by atoms with E-state index >= 15 is 0 Å². The highest BCUT2D eigenvalue weighted by Crippen LogP contribution is 2.56. The van der Waals surface area contributed by atoms with E-state index in [9.17, 15) is 8.42 Å². The zero-order valence-corrected chi connectivity index (χ0v) is 10.9. The van der Waals surface area contributed by atoms with Crippen LogP contribution in [-0.2, 0) is 14.8 Å². The predicted molar refractivity (Wildman–Crippen MR) is 59.1 cm³/mol. The standard InChI is InChI=1S/C9H14BrNO3S/c1-11-8-6-2-5(9(8)14-4-10)3-7(6)15(11,12)13/h5-9H,2-4H2,1H3. The van der Waals surface area contributed by atoms with E-state index in [0.29, 0.717) is 17.4 Å². The van der Waals surface area contributed by atoms with Gasteiger partial charge in [0.2, 0.25) is 10.0 Å². The zero-order chi connectivity index (χ0) is 10.8. The summed E-state index contributed by atoms with van der Waals surface area (Å²) in [6.07, 6.45) is 1.93. The van der Waals surface area contributed by atoms with Crippen LogP contribution < -0.4 is 0 Å². The first-order valence-corrected chi connectivity index (χ1v) is 7.84. The summed E-state index contributed by atoms with van der Waals surface area (Å²) in [7, 11) is -1.32. The lowest BCUT2D eigenvalue weighted by molar-refractivity contribution is 0.0167. The average Bonchev–Trinajstić information content (AvgIpc) is 2.77. The van der Waals surface area contributed by atoms with Crippen molar-refractivity contribution < 1.29 is 13.2 Å². The maximum Gasteiger partial charge on any atom is 0.217 e. The smallest absolute Gasteiger partial charge is 0.217 e. The normalized spacial score (nSPS) is 51.5. The summed E-state index contributed by atoms with van der Waals surface area (Å²) >= 11 is 3.26. The van der Waals surface area contributed by atoms with E-state index in [0.717, 1.165) is 12.8 Å². The lowest BCUT2D eigenvalue weighted by atomic mass is 9.92. The third-order valence-corrected chi connectivity index (χ3v) is 6.90. The molecule has 2 aliphatic carbocycles. The van der Waals surface area contributed by atoms with E-state index in [1.54, 1.807) is 11.4 Å². The quantitative estimate of drug-likeness (QED) is 0.707. The lowest BCUT2D eigenvalue weighted by Crippen LogP contribution is -2.41. The number of nitrogens with zero attached hydrogens (tertiary/aromatic N) is 1. The molecule has 1 saturated heterocycles. The second kappa shape index (κ2) is 3.18. The predicted octanol–water partition coefficient (Wildman–Crippen LogP) is 0.776. The van der Waals surface area contributed by atoms with Gasteiger partial charge in [-0.1, -0.05) is 15.9 Å². The molecule has 0 aromatic heterocycles. The summed E-state index contributed by atoms with van der Waals surface area (Å²) in [6.45, 7) is 0. The summed E-state index contributed by atoms with van der Waals surface area (Å²) in [6, 6.07) is 0.0938. The van der Waals surface area contributed by atoms with Gasteiger partial charge in [0.05, 0.1) is 17.4 Å². The van der Waals surface area contributed by atoms with Crippen molar-refractivity contribution in [2.75, 3.05) is 12.6 Å². The van der Waals surface area contributed by atoms with Crippen molar-refractivity contribution in [3.63, 3.8) is 0 Å². The fourth-order valence-electron chi connectivity index (χ4n) is 3.73. The van der Waals surface area contributed by atoms with Crippen LogP contribution in [0.15, 0.2) is 0 Å². The minimum atomic E-state index is -3.02. The van der Waals surface area contributed by atoms with Crippen molar-refractivity contribution >= 4 is 26.0 Å². The Morgan fingerprint density at radius 2 is 2.20 bits per heavy atom. The Labute approximate surface area is 98.1 Å². The van der Waals surface area contributed by atoms with E-state index in [-0.39, 0.29) is 17.4 Å². The topological polar surface area (TPSA) is 46.6 Å². The minimum absolute atomic E-state index is 0.0938. The van der Waals surface area contributed by atoms with Crippen LogP contribution in [0.3, 0.4) is 0 Å². The molecule has 0 spiro atoms. The van der Waals surface area contributed by atoms with Crippen LogP contribution in [0.2, 0.25) is 0 Å². The van der Waals surface area contributed by atoms with Gasteiger partial charge in [-0.05, 0) is 24.7 Å². The van der Waals surface area contributed by atoms with Crippen molar-refractivity contribution in [2.24, 2.45) is 11.8 Å². The number of sulfonamides is 1. The number of hydrogen-bond acceptors (Lipinski definition) is 3. The fraction of sp³-hybridized carbons (Fsp3) is 1.00. The van der Waals surface area contributed by atoms with Crippen molar-refractivity contribution in [1.82, 2.24) is 4.31 Å². The van der Waals surface area contributed by atoms with E-state index < -0.39 is 10.0 Å². The molecule has 2 bridgehead atoms. The summed E-state index contributed by atoms with van der Waals surface area (Å²) in [5.41, 5.74) is 0.496. The second-order valence-corrected chi connectivity index (χ2v) is 7.40. The molecule has 2 saturated carbocycles. The Hall–Kier alpha value is 0.350. The fourth-order valence-corrected chi connectivity index (χ4v) is 6.28. The number of likely N-dealkylation sites (N-methyl/N-ethyl adjacent to an activating group) is 1. The van der Waals surface area contributed by atoms with Crippen LogP contribution in [0.1, 0.15) is 12.8 Å². The molecule has 5 unspecified atom stereocenters. The van der Waals surface area contributed by atoms with Gasteiger partial charge in [-0.15, -0.1) is 0 Å². The van der Waals surface area contributed by atoms with Crippen LogP contribution in [0, 0.1) is 11.8 Å². The van der Waals surface area contributed by atoms with Crippen LogP contribution in [0.4, 0.5) is 0 Å². The van der Waals surface area contributed by atoms with Crippen molar-refractivity contribution in [2.45, 2.75) is 30.2 Å². The van der Waals surface area contributed by atoms with Gasteiger partial charge in [0.1, 0.15) is 5.52 Å². The highest BCUT2D eigenvalue weighted by atomic mass is 79.9. The molecule has 1 heterocycles. The summed E-state index contributed by atoms with van der Waals surface area (Å²) in [4.78, 5) is 0. The van der Waals surface area contributed by atoms with E-state index in [2.05, 4.69) is 15.9 Å². The molecule has 86 valence electrons. The molecule has 15 heavy (non-hydrogen) atoms. The monoisotopic (exact) mass is 295 g/mol. The molecule has 5 atom stereocenters. The molecule has 1 aliphatic heterocycles. The number of ether oxygens (including phenoxy) is 1. The maximum absolute atomic E-state index is 12.0. The third-order valence-electron chi connectivity index (χ3n) is 4.29. The van der Waals surface area contributed by atoms with Gasteiger partial charge < -0.3 is 4.74 Å². The Morgan fingerprint density at radius 3 is 2.87 bits per heavy atom. The van der Waals surface area contributed by atoms with E-state index in [1.165, 1.54) is 0 Å². The van der Waals surface area contributed by atoms with E-state index in [4.69, 9.17) is 4.74 Å². The first-order chi connectivity index (χ1) is 7.07. The summed E-state index contributed by atoms with van der Waals surface area (Å²) < 4.78 is 31.2. The van der Waals surface area contributed by atoms with Crippen LogP contribution in [-0.4, -0.2) is 42.7 Å². The minimum Gasteiger partial charge on any atom is -0.365 e. The number of halogens is 1. The molecule has 3 fully saturated rings. The van der Waals surface area contributed by atoms with Crippen molar-refractivity contribution in [3.8, 4) is 0 Å². The SMILES string of the molecule is CN1C2C3CC(CC3S1(=O)=O)C2OCBr. The molecular weight excluding hydrogens is 282 g/mol. The maximum atomic E-state index is 12.0. The van der Waals surface area contributed by atoms with Crippen LogP contribution in [0.25, 0.3) is 0 Å². The number of fused-ring (bicyclic) bond motifs is 1. The van der Waals surface area contributed by atoms with Crippen LogP contribution in [0.5, 0.6) is 0 Å². The molecule has 0 amide bonds. The van der Waals surface area contributed by atoms with Gasteiger partial charge >= 0.3 is 0 Å². The number of alkyl halides is 1. The molecular formula is C9H14BrNO3S. The highest BCUT2D eigenvalue weighted by molar-refractivity contribution is 9.09.